The summed E-state index contributed by atoms with van der Waals surface area (Å²) in [6.45, 7) is 1.66. The molecule has 0 unspecified atom stereocenters. The van der Waals surface area contributed by atoms with Crippen LogP contribution >= 0.6 is 0 Å². The molecule has 0 aromatic carbocycles. The van der Waals surface area contributed by atoms with E-state index < -0.39 is 5.41 Å². The lowest BCUT2D eigenvalue weighted by molar-refractivity contribution is -0.185. The lowest BCUT2D eigenvalue weighted by Crippen LogP contribution is -2.55. The highest BCUT2D eigenvalue weighted by molar-refractivity contribution is 5.78. The van der Waals surface area contributed by atoms with Gasteiger partial charge < -0.3 is 14.4 Å². The molecular formula is C8H15NO3. The molecule has 4 nitrogen and oxygen atoms in total. The maximum Gasteiger partial charge on any atom is 0.317 e. The highest BCUT2D eigenvalue weighted by Crippen LogP contribution is 2.29. The van der Waals surface area contributed by atoms with Crippen LogP contribution in [0.2, 0.25) is 0 Å². The van der Waals surface area contributed by atoms with Crippen molar-refractivity contribution in [2.75, 3.05) is 41.0 Å². The molecule has 0 radical (unpaired) electrons. The Hall–Kier alpha value is -0.610. The van der Waals surface area contributed by atoms with E-state index >= 15 is 0 Å². The monoisotopic (exact) mass is 173 g/mol. The first kappa shape index (κ1) is 9.48. The number of hydrogen-bond donors (Lipinski definition) is 0. The molecule has 0 bridgehead atoms. The standard InChI is InChI=1S/C8H15NO3/c1-9(2)4-8(5-12-6-8)7(10)11-3/h4-6H2,1-3H3. The van der Waals surface area contributed by atoms with Gasteiger partial charge in [-0.05, 0) is 14.1 Å². The minimum atomic E-state index is -0.405. The Balaban J connectivity index is 2.56. The predicted molar refractivity (Wildman–Crippen MR) is 43.8 cm³/mol. The van der Waals surface area contributed by atoms with Crippen LogP contribution in [0.3, 0.4) is 0 Å². The smallest absolute Gasteiger partial charge is 0.317 e. The van der Waals surface area contributed by atoms with Crippen LogP contribution in [-0.2, 0) is 14.3 Å². The number of hydrogen-bond acceptors (Lipinski definition) is 4. The molecule has 1 aliphatic rings. The van der Waals surface area contributed by atoms with E-state index in [1.165, 1.54) is 7.11 Å². The van der Waals surface area contributed by atoms with E-state index in [4.69, 9.17) is 9.47 Å². The maximum absolute atomic E-state index is 11.3. The zero-order valence-electron chi connectivity index (χ0n) is 7.79. The van der Waals surface area contributed by atoms with Crippen LogP contribution in [0.5, 0.6) is 0 Å². The second-order valence-corrected chi connectivity index (χ2v) is 3.50. The maximum atomic E-state index is 11.3. The van der Waals surface area contributed by atoms with Crippen molar-refractivity contribution in [1.29, 1.82) is 0 Å². The fraction of sp³-hybridized carbons (Fsp3) is 0.875. The van der Waals surface area contributed by atoms with Gasteiger partial charge in [0.2, 0.25) is 0 Å². The van der Waals surface area contributed by atoms with Gasteiger partial charge >= 0.3 is 5.97 Å². The molecule has 12 heavy (non-hydrogen) atoms. The third kappa shape index (κ3) is 1.59. The molecule has 1 saturated heterocycles. The molecule has 0 amide bonds. The van der Waals surface area contributed by atoms with Gasteiger partial charge in [-0.15, -0.1) is 0 Å². The third-order valence-corrected chi connectivity index (χ3v) is 1.99. The second-order valence-electron chi connectivity index (χ2n) is 3.50. The van der Waals surface area contributed by atoms with Crippen LogP contribution < -0.4 is 0 Å². The molecule has 0 N–H and O–H groups in total. The summed E-state index contributed by atoms with van der Waals surface area (Å²) in [5.74, 6) is -0.164. The van der Waals surface area contributed by atoms with Crippen molar-refractivity contribution in [3.05, 3.63) is 0 Å². The zero-order valence-corrected chi connectivity index (χ0v) is 7.79. The highest BCUT2D eigenvalue weighted by atomic mass is 16.5. The number of ether oxygens (including phenoxy) is 2. The molecule has 0 aromatic rings. The summed E-state index contributed by atoms with van der Waals surface area (Å²) in [6, 6.07) is 0. The van der Waals surface area contributed by atoms with Crippen molar-refractivity contribution in [2.45, 2.75) is 0 Å². The summed E-state index contributed by atoms with van der Waals surface area (Å²) in [7, 11) is 5.28. The van der Waals surface area contributed by atoms with Crippen LogP contribution in [-0.4, -0.2) is 51.8 Å². The summed E-state index contributed by atoms with van der Waals surface area (Å²) in [5.41, 5.74) is -0.405. The summed E-state index contributed by atoms with van der Waals surface area (Å²) in [4.78, 5) is 13.3. The van der Waals surface area contributed by atoms with Crippen LogP contribution in [0.1, 0.15) is 0 Å². The van der Waals surface area contributed by atoms with Gasteiger partial charge in [0.25, 0.3) is 0 Å². The van der Waals surface area contributed by atoms with Gasteiger partial charge in [0.05, 0.1) is 20.3 Å². The lowest BCUT2D eigenvalue weighted by Gasteiger charge is -2.40. The molecule has 0 aliphatic carbocycles. The van der Waals surface area contributed by atoms with E-state index in [0.717, 1.165) is 0 Å². The van der Waals surface area contributed by atoms with Crippen LogP contribution in [0.15, 0.2) is 0 Å². The molecule has 1 fully saturated rings. The Bertz CT molecular complexity index is 175. The first-order valence-corrected chi connectivity index (χ1v) is 3.92. The molecule has 0 saturated carbocycles. The first-order valence-electron chi connectivity index (χ1n) is 3.92. The van der Waals surface area contributed by atoms with E-state index in [0.29, 0.717) is 19.8 Å². The minimum absolute atomic E-state index is 0.164. The Kier molecular flexibility index (Phi) is 2.69. The SMILES string of the molecule is COC(=O)C1(CN(C)C)COC1. The normalized spacial score (nSPS) is 20.3. The van der Waals surface area contributed by atoms with Crippen molar-refractivity contribution in [2.24, 2.45) is 5.41 Å². The quantitative estimate of drug-likeness (QED) is 0.551. The zero-order chi connectivity index (χ0) is 9.19. The van der Waals surface area contributed by atoms with Gasteiger partial charge in [-0.25, -0.2) is 0 Å². The molecule has 4 heteroatoms. The Morgan fingerprint density at radius 2 is 2.17 bits per heavy atom. The van der Waals surface area contributed by atoms with E-state index in [1.54, 1.807) is 0 Å². The summed E-state index contributed by atoms with van der Waals surface area (Å²) < 4.78 is 9.75. The molecule has 0 atom stereocenters. The second kappa shape index (κ2) is 3.41. The van der Waals surface area contributed by atoms with Gasteiger partial charge in [-0.3, -0.25) is 4.79 Å². The van der Waals surface area contributed by atoms with E-state index in [9.17, 15) is 4.79 Å². The van der Waals surface area contributed by atoms with E-state index in [2.05, 4.69) is 0 Å². The number of methoxy groups -OCH3 is 1. The van der Waals surface area contributed by atoms with Crippen molar-refractivity contribution < 1.29 is 14.3 Å². The molecule has 1 rings (SSSR count). The van der Waals surface area contributed by atoms with Crippen molar-refractivity contribution in [3.63, 3.8) is 0 Å². The molecule has 1 aliphatic heterocycles. The van der Waals surface area contributed by atoms with Gasteiger partial charge in [-0.2, -0.15) is 0 Å². The molecule has 1 heterocycles. The molecule has 0 spiro atoms. The number of nitrogens with zero attached hydrogens (tertiary/aromatic N) is 1. The van der Waals surface area contributed by atoms with Crippen LogP contribution in [0.4, 0.5) is 0 Å². The van der Waals surface area contributed by atoms with Gasteiger partial charge in [-0.1, -0.05) is 0 Å². The summed E-state index contributed by atoms with van der Waals surface area (Å²) in [6.07, 6.45) is 0. The van der Waals surface area contributed by atoms with E-state index in [-0.39, 0.29) is 5.97 Å². The molecule has 0 aromatic heterocycles. The third-order valence-electron chi connectivity index (χ3n) is 1.99. The lowest BCUT2D eigenvalue weighted by atomic mass is 9.85. The van der Waals surface area contributed by atoms with Gasteiger partial charge in [0.15, 0.2) is 0 Å². The van der Waals surface area contributed by atoms with Crippen LogP contribution in [0, 0.1) is 5.41 Å². The number of carbonyl (C=O) groups is 1. The minimum Gasteiger partial charge on any atom is -0.468 e. The predicted octanol–water partition coefficient (Wildman–Crippen LogP) is -0.262. The topological polar surface area (TPSA) is 38.8 Å². The molecule has 70 valence electrons. The summed E-state index contributed by atoms with van der Waals surface area (Å²) >= 11 is 0. The average Bonchev–Trinajstić information content (AvgIpc) is 1.95. The largest absolute Gasteiger partial charge is 0.468 e. The fourth-order valence-electron chi connectivity index (χ4n) is 1.44. The van der Waals surface area contributed by atoms with Crippen molar-refractivity contribution >= 4 is 5.97 Å². The number of esters is 1. The highest BCUT2D eigenvalue weighted by Gasteiger charge is 2.47. The first-order chi connectivity index (χ1) is 5.60. The molecular weight excluding hydrogens is 158 g/mol. The van der Waals surface area contributed by atoms with Crippen molar-refractivity contribution in [3.8, 4) is 0 Å². The van der Waals surface area contributed by atoms with Crippen molar-refractivity contribution in [1.82, 2.24) is 4.90 Å². The fourth-order valence-corrected chi connectivity index (χ4v) is 1.44. The average molecular weight is 173 g/mol. The summed E-state index contributed by atoms with van der Waals surface area (Å²) in [5, 5.41) is 0. The van der Waals surface area contributed by atoms with Gasteiger partial charge in [0, 0.05) is 6.54 Å². The van der Waals surface area contributed by atoms with Gasteiger partial charge in [0.1, 0.15) is 5.41 Å². The number of rotatable bonds is 3. The Morgan fingerprint density at radius 3 is 2.42 bits per heavy atom. The number of carbonyl (C=O) groups excluding carboxylic acids is 1. The van der Waals surface area contributed by atoms with E-state index in [1.807, 2.05) is 19.0 Å². The van der Waals surface area contributed by atoms with Crippen LogP contribution in [0.25, 0.3) is 0 Å². The Labute approximate surface area is 72.4 Å². The Morgan fingerprint density at radius 1 is 1.58 bits per heavy atom.